The molecule has 0 amide bonds. The first-order chi connectivity index (χ1) is 6.68. The topological polar surface area (TPSA) is 25.2 Å². The molecule has 1 aromatic heterocycles. The van der Waals surface area contributed by atoms with E-state index in [1.807, 2.05) is 26.1 Å². The van der Waals surface area contributed by atoms with E-state index in [-0.39, 0.29) is 6.10 Å². The van der Waals surface area contributed by atoms with Crippen molar-refractivity contribution in [2.45, 2.75) is 19.4 Å². The highest BCUT2D eigenvalue weighted by molar-refractivity contribution is 5.81. The van der Waals surface area contributed by atoms with Crippen molar-refractivity contribution in [2.75, 3.05) is 0 Å². The molecule has 2 heteroatoms. The zero-order valence-corrected chi connectivity index (χ0v) is 8.57. The minimum atomic E-state index is -0.280. The van der Waals surface area contributed by atoms with E-state index >= 15 is 0 Å². The van der Waals surface area contributed by atoms with Crippen molar-refractivity contribution in [3.63, 3.8) is 0 Å². The van der Waals surface area contributed by atoms with Gasteiger partial charge in [-0.3, -0.25) is 0 Å². The van der Waals surface area contributed by atoms with Crippen molar-refractivity contribution >= 4 is 10.9 Å². The number of rotatable bonds is 2. The molecule has 1 unspecified atom stereocenters. The van der Waals surface area contributed by atoms with E-state index in [0.29, 0.717) is 6.42 Å². The molecule has 1 atom stereocenters. The van der Waals surface area contributed by atoms with Crippen molar-refractivity contribution in [2.24, 2.45) is 7.05 Å². The number of fused-ring (bicyclic) bond motifs is 1. The highest BCUT2D eigenvalue weighted by Crippen LogP contribution is 2.19. The molecule has 0 aliphatic rings. The number of hydrogen-bond acceptors (Lipinski definition) is 1. The van der Waals surface area contributed by atoms with Crippen molar-refractivity contribution in [1.29, 1.82) is 0 Å². The lowest BCUT2D eigenvalue weighted by Gasteiger charge is -2.05. The van der Waals surface area contributed by atoms with Crippen LogP contribution in [0.5, 0.6) is 0 Å². The summed E-state index contributed by atoms with van der Waals surface area (Å²) >= 11 is 0. The molecule has 1 heterocycles. The molecule has 0 aliphatic carbocycles. The number of para-hydroxylation sites is 1. The SMILES string of the molecule is CC(O)Cc1cc2ccccc2n1C. The minimum Gasteiger partial charge on any atom is -0.393 e. The Hall–Kier alpha value is -1.28. The lowest BCUT2D eigenvalue weighted by molar-refractivity contribution is 0.193. The Labute approximate surface area is 83.8 Å². The fraction of sp³-hybridized carbons (Fsp3) is 0.333. The third-order valence-electron chi connectivity index (χ3n) is 2.56. The molecule has 74 valence electrons. The third-order valence-corrected chi connectivity index (χ3v) is 2.56. The average Bonchev–Trinajstić information content (AvgIpc) is 2.44. The molecule has 0 radical (unpaired) electrons. The Morgan fingerprint density at radius 3 is 2.71 bits per heavy atom. The van der Waals surface area contributed by atoms with Crippen LogP contribution in [0.15, 0.2) is 30.3 Å². The van der Waals surface area contributed by atoms with Gasteiger partial charge in [0.15, 0.2) is 0 Å². The first-order valence-corrected chi connectivity index (χ1v) is 4.90. The number of aliphatic hydroxyl groups is 1. The molecule has 0 aliphatic heterocycles. The van der Waals surface area contributed by atoms with Gasteiger partial charge < -0.3 is 9.67 Å². The molecule has 0 fully saturated rings. The molecule has 2 rings (SSSR count). The summed E-state index contributed by atoms with van der Waals surface area (Å²) in [6, 6.07) is 10.4. The van der Waals surface area contributed by atoms with Gasteiger partial charge in [0.1, 0.15) is 0 Å². The monoisotopic (exact) mass is 189 g/mol. The molecule has 2 aromatic rings. The molecule has 0 spiro atoms. The summed E-state index contributed by atoms with van der Waals surface area (Å²) in [7, 11) is 2.04. The van der Waals surface area contributed by atoms with Crippen LogP contribution >= 0.6 is 0 Å². The molecular weight excluding hydrogens is 174 g/mol. The summed E-state index contributed by atoms with van der Waals surface area (Å²) in [6.07, 6.45) is 0.434. The van der Waals surface area contributed by atoms with E-state index < -0.39 is 0 Å². The number of aryl methyl sites for hydroxylation is 1. The summed E-state index contributed by atoms with van der Waals surface area (Å²) in [6.45, 7) is 1.82. The molecular formula is C12H15NO. The van der Waals surface area contributed by atoms with Gasteiger partial charge in [-0.05, 0) is 24.4 Å². The normalized spacial score (nSPS) is 13.4. The maximum Gasteiger partial charge on any atom is 0.0566 e. The van der Waals surface area contributed by atoms with Gasteiger partial charge in [0.2, 0.25) is 0 Å². The first-order valence-electron chi connectivity index (χ1n) is 4.90. The second-order valence-electron chi connectivity index (χ2n) is 3.81. The van der Waals surface area contributed by atoms with E-state index in [9.17, 15) is 5.11 Å². The Kier molecular flexibility index (Phi) is 2.30. The molecule has 0 saturated heterocycles. The summed E-state index contributed by atoms with van der Waals surface area (Å²) < 4.78 is 2.14. The lowest BCUT2D eigenvalue weighted by atomic mass is 10.2. The van der Waals surface area contributed by atoms with Crippen LogP contribution in [-0.4, -0.2) is 15.8 Å². The fourth-order valence-electron chi connectivity index (χ4n) is 1.84. The van der Waals surface area contributed by atoms with E-state index in [4.69, 9.17) is 0 Å². The van der Waals surface area contributed by atoms with Crippen molar-refractivity contribution < 1.29 is 5.11 Å². The molecule has 0 saturated carbocycles. The summed E-state index contributed by atoms with van der Waals surface area (Å²) in [5.41, 5.74) is 2.41. The summed E-state index contributed by atoms with van der Waals surface area (Å²) in [4.78, 5) is 0. The molecule has 1 aromatic carbocycles. The second-order valence-corrected chi connectivity index (χ2v) is 3.81. The second kappa shape index (κ2) is 3.46. The van der Waals surface area contributed by atoms with Crippen molar-refractivity contribution in [1.82, 2.24) is 4.57 Å². The van der Waals surface area contributed by atoms with Gasteiger partial charge in [0.25, 0.3) is 0 Å². The summed E-state index contributed by atoms with van der Waals surface area (Å²) in [5, 5.41) is 10.6. The molecule has 2 nitrogen and oxygen atoms in total. The zero-order valence-electron chi connectivity index (χ0n) is 8.57. The molecule has 0 bridgehead atoms. The Balaban J connectivity index is 2.51. The standard InChI is InChI=1S/C12H15NO/c1-9(14)7-11-8-10-5-3-4-6-12(10)13(11)2/h3-6,8-9,14H,7H2,1-2H3. The highest BCUT2D eigenvalue weighted by atomic mass is 16.3. The number of hydrogen-bond donors (Lipinski definition) is 1. The maximum atomic E-state index is 9.34. The Morgan fingerprint density at radius 1 is 1.36 bits per heavy atom. The van der Waals surface area contributed by atoms with Gasteiger partial charge >= 0.3 is 0 Å². The van der Waals surface area contributed by atoms with Gasteiger partial charge in [-0.1, -0.05) is 18.2 Å². The third kappa shape index (κ3) is 1.53. The van der Waals surface area contributed by atoms with Crippen LogP contribution in [0.1, 0.15) is 12.6 Å². The smallest absolute Gasteiger partial charge is 0.0566 e. The molecule has 14 heavy (non-hydrogen) atoms. The minimum absolute atomic E-state index is 0.280. The van der Waals surface area contributed by atoms with Gasteiger partial charge in [0, 0.05) is 24.7 Å². The van der Waals surface area contributed by atoms with Crippen molar-refractivity contribution in [3.8, 4) is 0 Å². The number of aromatic nitrogens is 1. The van der Waals surface area contributed by atoms with E-state index in [0.717, 1.165) is 0 Å². The molecule has 1 N–H and O–H groups in total. The van der Waals surface area contributed by atoms with Crippen molar-refractivity contribution in [3.05, 3.63) is 36.0 Å². The van der Waals surface area contributed by atoms with Crippen LogP contribution in [-0.2, 0) is 13.5 Å². The number of aliphatic hydroxyl groups excluding tert-OH is 1. The Bertz CT molecular complexity index is 443. The van der Waals surface area contributed by atoms with Crippen LogP contribution < -0.4 is 0 Å². The zero-order chi connectivity index (χ0) is 10.1. The van der Waals surface area contributed by atoms with Gasteiger partial charge in [0.05, 0.1) is 6.10 Å². The van der Waals surface area contributed by atoms with Gasteiger partial charge in [-0.15, -0.1) is 0 Å². The lowest BCUT2D eigenvalue weighted by Crippen LogP contribution is -2.07. The van der Waals surface area contributed by atoms with Crippen LogP contribution in [0.3, 0.4) is 0 Å². The van der Waals surface area contributed by atoms with Gasteiger partial charge in [-0.2, -0.15) is 0 Å². The Morgan fingerprint density at radius 2 is 2.07 bits per heavy atom. The number of benzene rings is 1. The highest BCUT2D eigenvalue weighted by Gasteiger charge is 2.06. The summed E-state index contributed by atoms with van der Waals surface area (Å²) in [5.74, 6) is 0. The average molecular weight is 189 g/mol. The van der Waals surface area contributed by atoms with E-state index in [1.54, 1.807) is 0 Å². The van der Waals surface area contributed by atoms with Crippen LogP contribution in [0.25, 0.3) is 10.9 Å². The quantitative estimate of drug-likeness (QED) is 0.769. The first kappa shape index (κ1) is 9.28. The van der Waals surface area contributed by atoms with E-state index in [2.05, 4.69) is 22.8 Å². The van der Waals surface area contributed by atoms with Crippen LogP contribution in [0.4, 0.5) is 0 Å². The number of nitrogens with zero attached hydrogens (tertiary/aromatic N) is 1. The van der Waals surface area contributed by atoms with E-state index in [1.165, 1.54) is 16.6 Å². The predicted octanol–water partition coefficient (Wildman–Crippen LogP) is 2.10. The largest absolute Gasteiger partial charge is 0.393 e. The van der Waals surface area contributed by atoms with Gasteiger partial charge in [-0.25, -0.2) is 0 Å². The predicted molar refractivity (Wildman–Crippen MR) is 58.3 cm³/mol. The fourth-order valence-corrected chi connectivity index (χ4v) is 1.84. The van der Waals surface area contributed by atoms with Crippen LogP contribution in [0, 0.1) is 0 Å². The maximum absolute atomic E-state index is 9.34. The van der Waals surface area contributed by atoms with Crippen LogP contribution in [0.2, 0.25) is 0 Å².